The van der Waals surface area contributed by atoms with Crippen molar-refractivity contribution in [3.8, 4) is 0 Å². The van der Waals surface area contributed by atoms with E-state index in [4.69, 9.17) is 11.6 Å². The number of H-pyrrole nitrogens is 1. The summed E-state index contributed by atoms with van der Waals surface area (Å²) in [4.78, 5) is 11.3. The summed E-state index contributed by atoms with van der Waals surface area (Å²) in [6, 6.07) is 17.7. The Bertz CT molecular complexity index is 891. The first-order valence-corrected chi connectivity index (χ1v) is 7.54. The molecule has 7 heteroatoms. The van der Waals surface area contributed by atoms with E-state index in [9.17, 15) is 4.79 Å². The van der Waals surface area contributed by atoms with Crippen LogP contribution in [0.25, 0.3) is 0 Å². The summed E-state index contributed by atoms with van der Waals surface area (Å²) in [5, 5.41) is 13.3. The smallest absolute Gasteiger partial charge is 0.285 e. The second-order valence-electron chi connectivity index (χ2n) is 4.91. The van der Waals surface area contributed by atoms with Gasteiger partial charge in [-0.1, -0.05) is 41.9 Å². The van der Waals surface area contributed by atoms with Crippen LogP contribution >= 0.6 is 11.6 Å². The van der Waals surface area contributed by atoms with E-state index < -0.39 is 5.56 Å². The van der Waals surface area contributed by atoms with Crippen LogP contribution in [0.4, 0.5) is 17.1 Å². The summed E-state index contributed by atoms with van der Waals surface area (Å²) >= 11 is 5.84. The first-order valence-electron chi connectivity index (χ1n) is 7.17. The average Bonchev–Trinajstić information content (AvgIpc) is 2.61. The molecule has 0 aliphatic rings. The number of hydrogen-bond acceptors (Lipinski definition) is 5. The van der Waals surface area contributed by atoms with Crippen molar-refractivity contribution >= 4 is 34.9 Å². The van der Waals surface area contributed by atoms with Crippen molar-refractivity contribution in [3.63, 3.8) is 0 Å². The zero-order valence-electron chi connectivity index (χ0n) is 12.5. The van der Waals surface area contributed by atoms with Crippen LogP contribution in [0.2, 0.25) is 5.02 Å². The molecule has 3 N–H and O–H groups in total. The van der Waals surface area contributed by atoms with E-state index in [1.54, 1.807) is 6.21 Å². The van der Waals surface area contributed by atoms with Gasteiger partial charge in [0, 0.05) is 11.4 Å². The number of benzene rings is 2. The van der Waals surface area contributed by atoms with Crippen LogP contribution in [0.3, 0.4) is 0 Å². The Balaban J connectivity index is 1.63. The van der Waals surface area contributed by atoms with E-state index in [-0.39, 0.29) is 5.02 Å². The highest BCUT2D eigenvalue weighted by Gasteiger charge is 2.02. The van der Waals surface area contributed by atoms with Gasteiger partial charge in [-0.05, 0) is 29.8 Å². The van der Waals surface area contributed by atoms with Crippen molar-refractivity contribution in [2.75, 3.05) is 10.7 Å². The number of hydrogen-bond donors (Lipinski definition) is 3. The fourth-order valence-corrected chi connectivity index (χ4v) is 2.11. The molecule has 0 saturated carbocycles. The molecule has 0 saturated heterocycles. The highest BCUT2D eigenvalue weighted by Crippen LogP contribution is 2.16. The van der Waals surface area contributed by atoms with E-state index in [1.165, 1.54) is 6.20 Å². The van der Waals surface area contributed by atoms with Crippen LogP contribution < -0.4 is 16.3 Å². The molecule has 0 bridgehead atoms. The Morgan fingerprint density at radius 1 is 1.04 bits per heavy atom. The third-order valence-electron chi connectivity index (χ3n) is 3.17. The van der Waals surface area contributed by atoms with Gasteiger partial charge in [-0.2, -0.15) is 10.2 Å². The van der Waals surface area contributed by atoms with E-state index in [0.29, 0.717) is 5.69 Å². The molecule has 2 aromatic carbocycles. The molecule has 1 heterocycles. The van der Waals surface area contributed by atoms with E-state index in [0.717, 1.165) is 16.9 Å². The second kappa shape index (κ2) is 7.43. The maximum absolute atomic E-state index is 11.3. The first-order chi connectivity index (χ1) is 11.7. The van der Waals surface area contributed by atoms with E-state index in [1.807, 2.05) is 54.6 Å². The topological polar surface area (TPSA) is 82.2 Å². The minimum Gasteiger partial charge on any atom is -0.356 e. The van der Waals surface area contributed by atoms with Crippen molar-refractivity contribution in [3.05, 3.63) is 81.7 Å². The van der Waals surface area contributed by atoms with Crippen molar-refractivity contribution in [2.24, 2.45) is 5.10 Å². The minimum atomic E-state index is -0.465. The van der Waals surface area contributed by atoms with Gasteiger partial charge in [0.15, 0.2) is 0 Å². The van der Waals surface area contributed by atoms with Crippen LogP contribution in [0.1, 0.15) is 5.56 Å². The molecular formula is C17H14ClN5O. The molecule has 0 radical (unpaired) electrons. The van der Waals surface area contributed by atoms with Crippen LogP contribution in [0, 0.1) is 0 Å². The van der Waals surface area contributed by atoms with Crippen LogP contribution in [0.5, 0.6) is 0 Å². The first kappa shape index (κ1) is 15.8. The highest BCUT2D eigenvalue weighted by atomic mass is 35.5. The predicted octanol–water partition coefficient (Wildman–Crippen LogP) is 3.61. The molecule has 6 nitrogen and oxygen atoms in total. The highest BCUT2D eigenvalue weighted by molar-refractivity contribution is 6.32. The average molecular weight is 340 g/mol. The number of anilines is 3. The van der Waals surface area contributed by atoms with Crippen molar-refractivity contribution < 1.29 is 0 Å². The maximum Gasteiger partial charge on any atom is 0.285 e. The molecule has 3 rings (SSSR count). The number of halogens is 1. The third-order valence-corrected chi connectivity index (χ3v) is 3.54. The summed E-state index contributed by atoms with van der Waals surface area (Å²) in [5.41, 5.74) is 5.48. The van der Waals surface area contributed by atoms with Crippen molar-refractivity contribution in [1.82, 2.24) is 10.2 Å². The number of aromatic amines is 1. The van der Waals surface area contributed by atoms with Gasteiger partial charge >= 0.3 is 0 Å². The Morgan fingerprint density at radius 3 is 2.50 bits per heavy atom. The SMILES string of the molecule is O=c1[nH]ncc(N/N=C\c2ccc(Nc3ccccc3)cc2)c1Cl. The summed E-state index contributed by atoms with van der Waals surface area (Å²) in [7, 11) is 0. The minimum absolute atomic E-state index is 0.0181. The molecule has 0 atom stereocenters. The molecule has 0 aliphatic carbocycles. The van der Waals surface area contributed by atoms with Crippen LogP contribution in [-0.2, 0) is 0 Å². The summed E-state index contributed by atoms with van der Waals surface area (Å²) in [5.74, 6) is 0. The van der Waals surface area contributed by atoms with E-state index >= 15 is 0 Å². The second-order valence-corrected chi connectivity index (χ2v) is 5.29. The zero-order chi connectivity index (χ0) is 16.8. The number of rotatable bonds is 5. The quantitative estimate of drug-likeness (QED) is 0.490. The molecule has 120 valence electrons. The lowest BCUT2D eigenvalue weighted by atomic mass is 10.2. The van der Waals surface area contributed by atoms with Gasteiger partial charge in [-0.25, -0.2) is 5.10 Å². The summed E-state index contributed by atoms with van der Waals surface area (Å²) in [6.07, 6.45) is 3.03. The Hall–Kier alpha value is -3.12. The van der Waals surface area contributed by atoms with Crippen LogP contribution in [-0.4, -0.2) is 16.4 Å². The Morgan fingerprint density at radius 2 is 1.75 bits per heavy atom. The lowest BCUT2D eigenvalue weighted by molar-refractivity contribution is 0.987. The van der Waals surface area contributed by atoms with Crippen molar-refractivity contribution in [1.29, 1.82) is 0 Å². The third kappa shape index (κ3) is 3.99. The standard InChI is InChI=1S/C17H14ClN5O/c18-16-15(11-20-23-17(16)24)22-19-10-12-6-8-14(9-7-12)21-13-4-2-1-3-5-13/h1-11,21H,(H2,22,23,24)/b19-10-. The largest absolute Gasteiger partial charge is 0.356 e. The number of aromatic nitrogens is 2. The molecular weight excluding hydrogens is 326 g/mol. The normalized spacial score (nSPS) is 10.7. The molecule has 3 aromatic rings. The molecule has 0 aliphatic heterocycles. The van der Waals surface area contributed by atoms with Gasteiger partial charge in [0.2, 0.25) is 0 Å². The van der Waals surface area contributed by atoms with E-state index in [2.05, 4.69) is 26.0 Å². The van der Waals surface area contributed by atoms with Gasteiger partial charge in [0.1, 0.15) is 10.7 Å². The van der Waals surface area contributed by atoms with Gasteiger partial charge in [0.25, 0.3) is 5.56 Å². The zero-order valence-corrected chi connectivity index (χ0v) is 13.3. The predicted molar refractivity (Wildman–Crippen MR) is 97.3 cm³/mol. The fraction of sp³-hybridized carbons (Fsp3) is 0. The monoisotopic (exact) mass is 339 g/mol. The number of hydrazone groups is 1. The molecule has 1 aromatic heterocycles. The Labute approximate surface area is 143 Å². The summed E-state index contributed by atoms with van der Waals surface area (Å²) in [6.45, 7) is 0. The van der Waals surface area contributed by atoms with Crippen LogP contribution in [0.15, 0.2) is 70.7 Å². The van der Waals surface area contributed by atoms with Crippen molar-refractivity contribution in [2.45, 2.75) is 0 Å². The lowest BCUT2D eigenvalue weighted by Crippen LogP contribution is -2.10. The molecule has 24 heavy (non-hydrogen) atoms. The number of nitrogens with zero attached hydrogens (tertiary/aromatic N) is 2. The molecule has 0 unspecified atom stereocenters. The van der Waals surface area contributed by atoms with Gasteiger partial charge < -0.3 is 5.32 Å². The number of para-hydroxylation sites is 1. The lowest BCUT2D eigenvalue weighted by Gasteiger charge is -2.06. The van der Waals surface area contributed by atoms with Gasteiger partial charge in [0.05, 0.1) is 12.4 Å². The number of nitrogens with one attached hydrogen (secondary N) is 3. The Kier molecular flexibility index (Phi) is 4.88. The summed E-state index contributed by atoms with van der Waals surface area (Å²) < 4.78 is 0. The maximum atomic E-state index is 11.3. The molecule has 0 amide bonds. The molecule has 0 fully saturated rings. The molecule has 0 spiro atoms. The fourth-order valence-electron chi connectivity index (χ4n) is 1.98. The van der Waals surface area contributed by atoms with Gasteiger partial charge in [-0.15, -0.1) is 0 Å². The van der Waals surface area contributed by atoms with Gasteiger partial charge in [-0.3, -0.25) is 10.2 Å².